The Morgan fingerprint density at radius 1 is 1.00 bits per heavy atom. The van der Waals surface area contributed by atoms with Gasteiger partial charge in [0, 0.05) is 11.9 Å². The number of aliphatic hydroxyl groups excluding tert-OH is 1. The van der Waals surface area contributed by atoms with E-state index in [0.29, 0.717) is 13.2 Å². The molecule has 18 heavy (non-hydrogen) atoms. The molecule has 0 aliphatic rings. The van der Waals surface area contributed by atoms with Crippen LogP contribution >= 0.6 is 0 Å². The van der Waals surface area contributed by atoms with Crippen LogP contribution in [0.4, 0.5) is 0 Å². The van der Waals surface area contributed by atoms with Gasteiger partial charge in [-0.3, -0.25) is 0 Å². The van der Waals surface area contributed by atoms with Gasteiger partial charge >= 0.3 is 0 Å². The van der Waals surface area contributed by atoms with Gasteiger partial charge in [-0.15, -0.1) is 0 Å². The summed E-state index contributed by atoms with van der Waals surface area (Å²) in [6.45, 7) is 2.39. The average Bonchev–Trinajstić information content (AvgIpc) is 2.43. The van der Waals surface area contributed by atoms with Gasteiger partial charge in [-0.1, -0.05) is 36.4 Å². The molecule has 0 aliphatic carbocycles. The zero-order valence-electron chi connectivity index (χ0n) is 10.4. The normalized spacial score (nSPS) is 10.7. The predicted molar refractivity (Wildman–Crippen MR) is 74.0 cm³/mol. The molecule has 2 N–H and O–H groups in total. The molecule has 0 aliphatic heterocycles. The van der Waals surface area contributed by atoms with E-state index in [1.807, 2.05) is 24.3 Å². The Morgan fingerprint density at radius 2 is 1.83 bits per heavy atom. The highest BCUT2D eigenvalue weighted by atomic mass is 16.5. The molecule has 0 spiro atoms. The lowest BCUT2D eigenvalue weighted by atomic mass is 10.1. The summed E-state index contributed by atoms with van der Waals surface area (Å²) in [5.74, 6) is 0.940. The average molecular weight is 245 g/mol. The summed E-state index contributed by atoms with van der Waals surface area (Å²) in [6.07, 6.45) is 0.934. The van der Waals surface area contributed by atoms with Crippen LogP contribution < -0.4 is 10.1 Å². The summed E-state index contributed by atoms with van der Waals surface area (Å²) in [6, 6.07) is 14.3. The highest BCUT2D eigenvalue weighted by Crippen LogP contribution is 2.24. The minimum absolute atomic E-state index is 0.185. The Morgan fingerprint density at radius 3 is 2.72 bits per heavy atom. The molecule has 3 nitrogen and oxygen atoms in total. The molecule has 0 saturated heterocycles. The van der Waals surface area contributed by atoms with Crippen LogP contribution in [0.3, 0.4) is 0 Å². The van der Waals surface area contributed by atoms with Crippen molar-refractivity contribution in [2.24, 2.45) is 0 Å². The van der Waals surface area contributed by atoms with E-state index >= 15 is 0 Å². The second-order valence-electron chi connectivity index (χ2n) is 4.15. The summed E-state index contributed by atoms with van der Waals surface area (Å²) in [5, 5.41) is 14.1. The smallest absolute Gasteiger partial charge is 0.127 e. The van der Waals surface area contributed by atoms with E-state index in [2.05, 4.69) is 23.5 Å². The molecule has 0 radical (unpaired) electrons. The van der Waals surface area contributed by atoms with E-state index in [9.17, 15) is 0 Å². The lowest BCUT2D eigenvalue weighted by Gasteiger charge is -2.09. The van der Waals surface area contributed by atoms with Crippen molar-refractivity contribution < 1.29 is 9.84 Å². The van der Waals surface area contributed by atoms with Crippen LogP contribution in [-0.4, -0.2) is 31.4 Å². The number of benzene rings is 2. The lowest BCUT2D eigenvalue weighted by molar-refractivity contribution is 0.283. The Labute approximate surface area is 107 Å². The molecular weight excluding hydrogens is 226 g/mol. The van der Waals surface area contributed by atoms with E-state index in [0.717, 1.165) is 24.1 Å². The van der Waals surface area contributed by atoms with Gasteiger partial charge in [-0.25, -0.2) is 0 Å². The van der Waals surface area contributed by atoms with Crippen molar-refractivity contribution in [3.8, 4) is 5.75 Å². The maximum absolute atomic E-state index is 8.63. The molecule has 0 heterocycles. The van der Waals surface area contributed by atoms with Gasteiger partial charge in [-0.05, 0) is 24.4 Å². The van der Waals surface area contributed by atoms with Crippen molar-refractivity contribution in [1.29, 1.82) is 0 Å². The first kappa shape index (κ1) is 12.9. The Balaban J connectivity index is 1.88. The van der Waals surface area contributed by atoms with E-state index in [1.54, 1.807) is 0 Å². The van der Waals surface area contributed by atoms with Gasteiger partial charge in [-0.2, -0.15) is 0 Å². The molecule has 96 valence electrons. The van der Waals surface area contributed by atoms with Gasteiger partial charge in [0.15, 0.2) is 0 Å². The van der Waals surface area contributed by atoms with Gasteiger partial charge in [0.25, 0.3) is 0 Å². The molecular formula is C15H19NO2. The van der Waals surface area contributed by atoms with Crippen molar-refractivity contribution in [1.82, 2.24) is 5.32 Å². The van der Waals surface area contributed by atoms with E-state index < -0.39 is 0 Å². The maximum atomic E-state index is 8.63. The minimum atomic E-state index is 0.185. The monoisotopic (exact) mass is 245 g/mol. The highest BCUT2D eigenvalue weighted by Gasteiger charge is 2.00. The van der Waals surface area contributed by atoms with Crippen LogP contribution in [0.5, 0.6) is 5.75 Å². The van der Waals surface area contributed by atoms with E-state index in [-0.39, 0.29) is 6.61 Å². The first-order chi connectivity index (χ1) is 8.92. The summed E-state index contributed by atoms with van der Waals surface area (Å²) < 4.78 is 5.80. The SMILES string of the molecule is OCCNCCCOc1cccc2ccccc12. The number of ether oxygens (including phenoxy) is 1. The fraction of sp³-hybridized carbons (Fsp3) is 0.333. The fourth-order valence-corrected chi connectivity index (χ4v) is 1.90. The summed E-state index contributed by atoms with van der Waals surface area (Å²) in [7, 11) is 0. The van der Waals surface area contributed by atoms with Crippen LogP contribution in [0.2, 0.25) is 0 Å². The van der Waals surface area contributed by atoms with E-state index in [1.165, 1.54) is 5.39 Å². The second-order valence-corrected chi connectivity index (χ2v) is 4.15. The third-order valence-electron chi connectivity index (χ3n) is 2.79. The molecule has 0 atom stereocenters. The largest absolute Gasteiger partial charge is 0.493 e. The molecule has 2 aromatic rings. The molecule has 0 amide bonds. The molecule has 0 bridgehead atoms. The lowest BCUT2D eigenvalue weighted by Crippen LogP contribution is -2.20. The number of aliphatic hydroxyl groups is 1. The predicted octanol–water partition coefficient (Wildman–Crippen LogP) is 2.19. The maximum Gasteiger partial charge on any atom is 0.127 e. The molecule has 2 rings (SSSR count). The molecule has 0 fully saturated rings. The Bertz CT molecular complexity index is 479. The van der Waals surface area contributed by atoms with Gasteiger partial charge in [0.1, 0.15) is 5.75 Å². The zero-order chi connectivity index (χ0) is 12.6. The third kappa shape index (κ3) is 3.45. The quantitative estimate of drug-likeness (QED) is 0.735. The van der Waals surface area contributed by atoms with Crippen molar-refractivity contribution in [3.63, 3.8) is 0 Å². The molecule has 2 aromatic carbocycles. The topological polar surface area (TPSA) is 41.5 Å². The van der Waals surface area contributed by atoms with Crippen molar-refractivity contribution in [2.75, 3.05) is 26.3 Å². The number of nitrogens with one attached hydrogen (secondary N) is 1. The number of rotatable bonds is 7. The molecule has 3 heteroatoms. The van der Waals surface area contributed by atoms with Gasteiger partial charge in [0.05, 0.1) is 13.2 Å². The summed E-state index contributed by atoms with van der Waals surface area (Å²) in [4.78, 5) is 0. The summed E-state index contributed by atoms with van der Waals surface area (Å²) >= 11 is 0. The zero-order valence-corrected chi connectivity index (χ0v) is 10.4. The standard InChI is InChI=1S/C15H19NO2/c17-11-10-16-9-4-12-18-15-8-3-6-13-5-1-2-7-14(13)15/h1-3,5-8,16-17H,4,9-12H2. The number of hydrogen-bond donors (Lipinski definition) is 2. The number of hydrogen-bond acceptors (Lipinski definition) is 3. The fourth-order valence-electron chi connectivity index (χ4n) is 1.90. The first-order valence-electron chi connectivity index (χ1n) is 6.34. The molecule has 0 saturated carbocycles. The van der Waals surface area contributed by atoms with Crippen LogP contribution in [0.15, 0.2) is 42.5 Å². The van der Waals surface area contributed by atoms with Gasteiger partial charge in [0.2, 0.25) is 0 Å². The summed E-state index contributed by atoms with van der Waals surface area (Å²) in [5.41, 5.74) is 0. The second kappa shape index (κ2) is 6.99. The Hall–Kier alpha value is -1.58. The Kier molecular flexibility index (Phi) is 5.00. The van der Waals surface area contributed by atoms with Crippen LogP contribution in [0.25, 0.3) is 10.8 Å². The van der Waals surface area contributed by atoms with Gasteiger partial charge < -0.3 is 15.2 Å². The van der Waals surface area contributed by atoms with Crippen LogP contribution in [0, 0.1) is 0 Å². The third-order valence-corrected chi connectivity index (χ3v) is 2.79. The minimum Gasteiger partial charge on any atom is -0.493 e. The molecule has 0 aromatic heterocycles. The van der Waals surface area contributed by atoms with Crippen LogP contribution in [0.1, 0.15) is 6.42 Å². The van der Waals surface area contributed by atoms with Crippen LogP contribution in [-0.2, 0) is 0 Å². The van der Waals surface area contributed by atoms with Crippen molar-refractivity contribution in [2.45, 2.75) is 6.42 Å². The number of fused-ring (bicyclic) bond motifs is 1. The highest BCUT2D eigenvalue weighted by molar-refractivity contribution is 5.88. The van der Waals surface area contributed by atoms with E-state index in [4.69, 9.17) is 9.84 Å². The van der Waals surface area contributed by atoms with Crippen molar-refractivity contribution >= 4 is 10.8 Å². The van der Waals surface area contributed by atoms with Crippen molar-refractivity contribution in [3.05, 3.63) is 42.5 Å². The molecule has 0 unspecified atom stereocenters. The first-order valence-corrected chi connectivity index (χ1v) is 6.34.